The molecule has 0 radical (unpaired) electrons. The minimum absolute atomic E-state index is 0.120. The van der Waals surface area contributed by atoms with Crippen molar-refractivity contribution >= 4 is 0 Å². The zero-order chi connectivity index (χ0) is 9.43. The standard InChI is InChI=1S/C11H14N2O/c1-2-4-10-9(3-1)11(5-6-14-10)7-12-8-13-11/h1-4,12-13H,5-8H2. The van der Waals surface area contributed by atoms with Crippen molar-refractivity contribution in [3.05, 3.63) is 29.8 Å². The first kappa shape index (κ1) is 8.26. The Hall–Kier alpha value is -1.06. The van der Waals surface area contributed by atoms with Gasteiger partial charge in [0.2, 0.25) is 0 Å². The summed E-state index contributed by atoms with van der Waals surface area (Å²) in [6, 6.07) is 8.32. The molecule has 0 bridgehead atoms. The second-order valence-corrected chi connectivity index (χ2v) is 3.96. The molecule has 1 spiro atoms. The van der Waals surface area contributed by atoms with Crippen molar-refractivity contribution in [2.45, 2.75) is 12.0 Å². The lowest BCUT2D eigenvalue weighted by molar-refractivity contribution is 0.209. The Morgan fingerprint density at radius 2 is 2.21 bits per heavy atom. The summed E-state index contributed by atoms with van der Waals surface area (Å²) in [7, 11) is 0. The van der Waals surface area contributed by atoms with Gasteiger partial charge in [0.1, 0.15) is 5.75 Å². The fourth-order valence-corrected chi connectivity index (χ4v) is 2.40. The summed E-state index contributed by atoms with van der Waals surface area (Å²) in [5.74, 6) is 1.04. The molecule has 2 aliphatic rings. The summed E-state index contributed by atoms with van der Waals surface area (Å²) in [5, 5.41) is 6.89. The van der Waals surface area contributed by atoms with Gasteiger partial charge in [0.15, 0.2) is 0 Å². The van der Waals surface area contributed by atoms with E-state index in [0.717, 1.165) is 32.0 Å². The van der Waals surface area contributed by atoms with Gasteiger partial charge in [-0.3, -0.25) is 5.32 Å². The number of fused-ring (bicyclic) bond motifs is 2. The Morgan fingerprint density at radius 1 is 1.29 bits per heavy atom. The highest BCUT2D eigenvalue weighted by Gasteiger charge is 2.39. The molecule has 2 N–H and O–H groups in total. The maximum absolute atomic E-state index is 5.64. The summed E-state index contributed by atoms with van der Waals surface area (Å²) in [4.78, 5) is 0. The second-order valence-electron chi connectivity index (χ2n) is 3.96. The van der Waals surface area contributed by atoms with E-state index in [9.17, 15) is 0 Å². The third kappa shape index (κ3) is 1.06. The molecule has 1 saturated heterocycles. The molecule has 1 atom stereocenters. The molecule has 3 nitrogen and oxygen atoms in total. The maximum Gasteiger partial charge on any atom is 0.124 e. The van der Waals surface area contributed by atoms with E-state index in [2.05, 4.69) is 28.8 Å². The van der Waals surface area contributed by atoms with Crippen molar-refractivity contribution in [2.24, 2.45) is 0 Å². The van der Waals surface area contributed by atoms with Crippen molar-refractivity contribution in [1.29, 1.82) is 0 Å². The molecule has 0 amide bonds. The first-order chi connectivity index (χ1) is 6.91. The van der Waals surface area contributed by atoms with E-state index in [0.29, 0.717) is 0 Å². The van der Waals surface area contributed by atoms with Gasteiger partial charge in [0.25, 0.3) is 0 Å². The first-order valence-corrected chi connectivity index (χ1v) is 5.09. The molecule has 1 aromatic carbocycles. The molecule has 74 valence electrons. The van der Waals surface area contributed by atoms with Gasteiger partial charge < -0.3 is 10.1 Å². The van der Waals surface area contributed by atoms with E-state index in [4.69, 9.17) is 4.74 Å². The van der Waals surface area contributed by atoms with Gasteiger partial charge >= 0.3 is 0 Å². The summed E-state index contributed by atoms with van der Waals surface area (Å²) < 4.78 is 5.64. The molecule has 3 heteroatoms. The molecule has 3 rings (SSSR count). The number of rotatable bonds is 0. The molecule has 1 aromatic rings. The molecule has 2 aliphatic heterocycles. The highest BCUT2D eigenvalue weighted by molar-refractivity contribution is 5.41. The van der Waals surface area contributed by atoms with Gasteiger partial charge in [-0.2, -0.15) is 0 Å². The van der Waals surface area contributed by atoms with Crippen molar-refractivity contribution < 1.29 is 4.74 Å². The van der Waals surface area contributed by atoms with Crippen LogP contribution < -0.4 is 15.4 Å². The van der Waals surface area contributed by atoms with Crippen LogP contribution >= 0.6 is 0 Å². The first-order valence-electron chi connectivity index (χ1n) is 5.09. The third-order valence-electron chi connectivity index (χ3n) is 3.17. The monoisotopic (exact) mass is 190 g/mol. The number of ether oxygens (including phenoxy) is 1. The van der Waals surface area contributed by atoms with Gasteiger partial charge in [-0.05, 0) is 6.07 Å². The lowest BCUT2D eigenvalue weighted by Gasteiger charge is -2.35. The zero-order valence-electron chi connectivity index (χ0n) is 8.05. The average Bonchev–Trinajstić information content (AvgIpc) is 2.68. The van der Waals surface area contributed by atoms with Gasteiger partial charge in [-0.1, -0.05) is 18.2 Å². The highest BCUT2D eigenvalue weighted by atomic mass is 16.5. The van der Waals surface area contributed by atoms with Crippen molar-refractivity contribution in [1.82, 2.24) is 10.6 Å². The fraction of sp³-hybridized carbons (Fsp3) is 0.455. The fourth-order valence-electron chi connectivity index (χ4n) is 2.40. The minimum Gasteiger partial charge on any atom is -0.493 e. The average molecular weight is 190 g/mol. The Labute approximate surface area is 83.5 Å². The van der Waals surface area contributed by atoms with E-state index < -0.39 is 0 Å². The van der Waals surface area contributed by atoms with Gasteiger partial charge in [0.05, 0.1) is 12.1 Å². The van der Waals surface area contributed by atoms with Gasteiger partial charge in [0, 0.05) is 25.2 Å². The summed E-state index contributed by atoms with van der Waals surface area (Å²) >= 11 is 0. The van der Waals surface area contributed by atoms with E-state index in [1.807, 2.05) is 6.07 Å². The number of nitrogens with one attached hydrogen (secondary N) is 2. The molecule has 0 saturated carbocycles. The van der Waals surface area contributed by atoms with Gasteiger partial charge in [-0.15, -0.1) is 0 Å². The molecule has 0 aromatic heterocycles. The van der Waals surface area contributed by atoms with Crippen molar-refractivity contribution in [3.63, 3.8) is 0 Å². The number of benzene rings is 1. The van der Waals surface area contributed by atoms with Crippen LogP contribution in [0.3, 0.4) is 0 Å². The zero-order valence-corrected chi connectivity index (χ0v) is 8.05. The van der Waals surface area contributed by atoms with E-state index in [-0.39, 0.29) is 5.54 Å². The predicted molar refractivity (Wildman–Crippen MR) is 54.2 cm³/mol. The number of hydrogen-bond donors (Lipinski definition) is 2. The number of para-hydroxylation sites is 1. The topological polar surface area (TPSA) is 33.3 Å². The lowest BCUT2D eigenvalue weighted by Crippen LogP contribution is -2.43. The van der Waals surface area contributed by atoms with E-state index in [1.165, 1.54) is 5.56 Å². The number of hydrogen-bond acceptors (Lipinski definition) is 3. The third-order valence-corrected chi connectivity index (χ3v) is 3.17. The molecular weight excluding hydrogens is 176 g/mol. The maximum atomic E-state index is 5.64. The van der Waals surface area contributed by atoms with Crippen molar-refractivity contribution in [3.8, 4) is 5.75 Å². The Morgan fingerprint density at radius 3 is 3.07 bits per heavy atom. The summed E-state index contributed by atoms with van der Waals surface area (Å²) in [6.45, 7) is 2.72. The summed E-state index contributed by atoms with van der Waals surface area (Å²) in [5.41, 5.74) is 1.42. The van der Waals surface area contributed by atoms with Crippen LogP contribution in [-0.4, -0.2) is 19.8 Å². The Bertz CT molecular complexity index is 345. The van der Waals surface area contributed by atoms with Crippen LogP contribution in [0.15, 0.2) is 24.3 Å². The van der Waals surface area contributed by atoms with Crippen LogP contribution in [0.25, 0.3) is 0 Å². The highest BCUT2D eigenvalue weighted by Crippen LogP contribution is 2.37. The Kier molecular flexibility index (Phi) is 1.75. The SMILES string of the molecule is c1ccc2c(c1)OCCC21CNCN1. The molecule has 1 fully saturated rings. The normalized spacial score (nSPS) is 30.0. The minimum atomic E-state index is 0.120. The van der Waals surface area contributed by atoms with Gasteiger partial charge in [-0.25, -0.2) is 0 Å². The molecular formula is C11H14N2O. The molecule has 2 heterocycles. The van der Waals surface area contributed by atoms with Crippen LogP contribution in [0.5, 0.6) is 5.75 Å². The van der Waals surface area contributed by atoms with Crippen molar-refractivity contribution in [2.75, 3.05) is 19.8 Å². The van der Waals surface area contributed by atoms with E-state index >= 15 is 0 Å². The smallest absolute Gasteiger partial charge is 0.124 e. The van der Waals surface area contributed by atoms with Crippen LogP contribution in [0, 0.1) is 0 Å². The molecule has 14 heavy (non-hydrogen) atoms. The van der Waals surface area contributed by atoms with E-state index in [1.54, 1.807) is 0 Å². The van der Waals surface area contributed by atoms with Crippen LogP contribution in [0.4, 0.5) is 0 Å². The molecule has 0 aliphatic carbocycles. The summed E-state index contributed by atoms with van der Waals surface area (Å²) in [6.07, 6.45) is 1.05. The van der Waals surface area contributed by atoms with Crippen LogP contribution in [0.1, 0.15) is 12.0 Å². The van der Waals surface area contributed by atoms with Crippen LogP contribution in [-0.2, 0) is 5.54 Å². The Balaban J connectivity index is 2.10. The van der Waals surface area contributed by atoms with Crippen LogP contribution in [0.2, 0.25) is 0 Å². The lowest BCUT2D eigenvalue weighted by atomic mass is 9.85. The largest absolute Gasteiger partial charge is 0.493 e. The quantitative estimate of drug-likeness (QED) is 0.635. The molecule has 1 unspecified atom stereocenters. The second kappa shape index (κ2) is 2.97. The predicted octanol–water partition coefficient (Wildman–Crippen LogP) is 0.815.